The Morgan fingerprint density at radius 3 is 2.67 bits per heavy atom. The Morgan fingerprint density at radius 1 is 1.20 bits per heavy atom. The summed E-state index contributed by atoms with van der Waals surface area (Å²) < 4.78 is 0. The van der Waals surface area contributed by atoms with E-state index in [1.807, 2.05) is 33.4 Å². The van der Waals surface area contributed by atoms with Gasteiger partial charge in [-0.05, 0) is 23.6 Å². The molecular weight excluding hydrogens is 186 g/mol. The zero-order valence-electron chi connectivity index (χ0n) is 9.28. The van der Waals surface area contributed by atoms with Crippen molar-refractivity contribution < 1.29 is 0 Å². The Bertz CT molecular complexity index is 477. The predicted octanol–water partition coefficient (Wildman–Crippen LogP) is 2.34. The average Bonchev–Trinajstić information content (AvgIpc) is 2.27. The zero-order chi connectivity index (χ0) is 10.8. The van der Waals surface area contributed by atoms with Crippen molar-refractivity contribution in [1.82, 2.24) is 4.98 Å². The van der Waals surface area contributed by atoms with Crippen molar-refractivity contribution in [2.75, 3.05) is 31.4 Å². The lowest BCUT2D eigenvalue weighted by Crippen LogP contribution is -2.08. The molecule has 1 aromatic heterocycles. The van der Waals surface area contributed by atoms with Crippen LogP contribution < -0.4 is 10.2 Å². The highest BCUT2D eigenvalue weighted by Crippen LogP contribution is 2.25. The molecule has 2 rings (SSSR count). The third kappa shape index (κ3) is 1.73. The van der Waals surface area contributed by atoms with E-state index < -0.39 is 0 Å². The van der Waals surface area contributed by atoms with Crippen LogP contribution in [0.2, 0.25) is 0 Å². The molecule has 1 heterocycles. The SMILES string of the molecule is CNc1nccc2ccc(N(C)C)cc12. The number of aromatic nitrogens is 1. The maximum atomic E-state index is 4.30. The van der Waals surface area contributed by atoms with Crippen molar-refractivity contribution in [3.05, 3.63) is 30.5 Å². The van der Waals surface area contributed by atoms with E-state index >= 15 is 0 Å². The number of benzene rings is 1. The molecule has 0 atom stereocenters. The number of nitrogens with zero attached hydrogens (tertiary/aromatic N) is 2. The van der Waals surface area contributed by atoms with E-state index in [-0.39, 0.29) is 0 Å². The predicted molar refractivity (Wildman–Crippen MR) is 65.6 cm³/mol. The number of pyridine rings is 1. The molecule has 0 radical (unpaired) electrons. The minimum Gasteiger partial charge on any atom is -0.378 e. The van der Waals surface area contributed by atoms with Crippen molar-refractivity contribution in [2.45, 2.75) is 0 Å². The minimum atomic E-state index is 0.927. The number of anilines is 2. The van der Waals surface area contributed by atoms with Gasteiger partial charge in [0.1, 0.15) is 5.82 Å². The van der Waals surface area contributed by atoms with Gasteiger partial charge < -0.3 is 10.2 Å². The van der Waals surface area contributed by atoms with Crippen LogP contribution in [0.4, 0.5) is 11.5 Å². The Balaban J connectivity index is 2.67. The monoisotopic (exact) mass is 201 g/mol. The first kappa shape index (κ1) is 9.77. The van der Waals surface area contributed by atoms with Gasteiger partial charge >= 0.3 is 0 Å². The van der Waals surface area contributed by atoms with Gasteiger partial charge in [0, 0.05) is 38.4 Å². The molecule has 3 nitrogen and oxygen atoms in total. The van der Waals surface area contributed by atoms with Gasteiger partial charge in [0.25, 0.3) is 0 Å². The third-order valence-corrected chi connectivity index (χ3v) is 2.50. The fourth-order valence-electron chi connectivity index (χ4n) is 1.63. The van der Waals surface area contributed by atoms with Gasteiger partial charge in [0.05, 0.1) is 0 Å². The summed E-state index contributed by atoms with van der Waals surface area (Å²) in [5.74, 6) is 0.927. The Kier molecular flexibility index (Phi) is 2.46. The molecule has 0 unspecified atom stereocenters. The van der Waals surface area contributed by atoms with E-state index in [1.54, 1.807) is 0 Å². The fourth-order valence-corrected chi connectivity index (χ4v) is 1.63. The molecule has 0 fully saturated rings. The molecular formula is C12H15N3. The van der Waals surface area contributed by atoms with Crippen molar-refractivity contribution in [2.24, 2.45) is 0 Å². The number of nitrogens with one attached hydrogen (secondary N) is 1. The van der Waals surface area contributed by atoms with E-state index in [0.717, 1.165) is 11.2 Å². The first-order chi connectivity index (χ1) is 7.22. The second-order valence-electron chi connectivity index (χ2n) is 3.71. The molecule has 1 aromatic carbocycles. The van der Waals surface area contributed by atoms with Crippen LogP contribution in [0, 0.1) is 0 Å². The molecule has 0 saturated heterocycles. The lowest BCUT2D eigenvalue weighted by Gasteiger charge is -2.14. The van der Waals surface area contributed by atoms with Crippen LogP contribution in [0.1, 0.15) is 0 Å². The minimum absolute atomic E-state index is 0.927. The highest BCUT2D eigenvalue weighted by molar-refractivity contribution is 5.94. The summed E-state index contributed by atoms with van der Waals surface area (Å²) in [6.07, 6.45) is 1.82. The van der Waals surface area contributed by atoms with Gasteiger partial charge in [-0.1, -0.05) is 6.07 Å². The van der Waals surface area contributed by atoms with Crippen LogP contribution in [0.15, 0.2) is 30.5 Å². The lowest BCUT2D eigenvalue weighted by atomic mass is 10.1. The van der Waals surface area contributed by atoms with Crippen LogP contribution in [-0.4, -0.2) is 26.1 Å². The van der Waals surface area contributed by atoms with Crippen molar-refractivity contribution in [3.63, 3.8) is 0 Å². The molecule has 0 amide bonds. The third-order valence-electron chi connectivity index (χ3n) is 2.50. The summed E-state index contributed by atoms with van der Waals surface area (Å²) >= 11 is 0. The lowest BCUT2D eigenvalue weighted by molar-refractivity contribution is 1.13. The highest BCUT2D eigenvalue weighted by Gasteiger charge is 2.02. The van der Waals surface area contributed by atoms with E-state index in [4.69, 9.17) is 0 Å². The summed E-state index contributed by atoms with van der Waals surface area (Å²) in [7, 11) is 5.97. The molecule has 1 N–H and O–H groups in total. The topological polar surface area (TPSA) is 28.2 Å². The molecule has 78 valence electrons. The van der Waals surface area contributed by atoms with E-state index in [0.29, 0.717) is 0 Å². The van der Waals surface area contributed by atoms with Crippen molar-refractivity contribution in [1.29, 1.82) is 0 Å². The van der Waals surface area contributed by atoms with Gasteiger partial charge in [-0.2, -0.15) is 0 Å². The summed E-state index contributed by atoms with van der Waals surface area (Å²) in [5, 5.41) is 5.47. The molecule has 0 aliphatic carbocycles. The largest absolute Gasteiger partial charge is 0.378 e. The van der Waals surface area contributed by atoms with Crippen LogP contribution in [0.5, 0.6) is 0 Å². The fraction of sp³-hybridized carbons (Fsp3) is 0.250. The highest BCUT2D eigenvalue weighted by atomic mass is 15.1. The van der Waals surface area contributed by atoms with Crippen molar-refractivity contribution in [3.8, 4) is 0 Å². The Morgan fingerprint density at radius 2 is 2.00 bits per heavy atom. The van der Waals surface area contributed by atoms with Gasteiger partial charge in [0.2, 0.25) is 0 Å². The van der Waals surface area contributed by atoms with Gasteiger partial charge in [-0.15, -0.1) is 0 Å². The quantitative estimate of drug-likeness (QED) is 0.808. The molecule has 0 saturated carbocycles. The van der Waals surface area contributed by atoms with Gasteiger partial charge in [-0.25, -0.2) is 4.98 Å². The second-order valence-corrected chi connectivity index (χ2v) is 3.71. The number of rotatable bonds is 2. The Hall–Kier alpha value is -1.77. The first-order valence-electron chi connectivity index (χ1n) is 4.96. The molecule has 0 aliphatic heterocycles. The number of fused-ring (bicyclic) bond motifs is 1. The molecule has 0 aliphatic rings. The molecule has 15 heavy (non-hydrogen) atoms. The van der Waals surface area contributed by atoms with Crippen LogP contribution in [0.25, 0.3) is 10.8 Å². The maximum absolute atomic E-state index is 4.30. The van der Waals surface area contributed by atoms with Crippen LogP contribution in [0.3, 0.4) is 0 Å². The van der Waals surface area contributed by atoms with Crippen LogP contribution in [-0.2, 0) is 0 Å². The average molecular weight is 201 g/mol. The summed E-state index contributed by atoms with van der Waals surface area (Å²) in [4.78, 5) is 6.39. The Labute approximate surface area is 89.7 Å². The summed E-state index contributed by atoms with van der Waals surface area (Å²) in [6.45, 7) is 0. The molecule has 0 spiro atoms. The zero-order valence-corrected chi connectivity index (χ0v) is 9.28. The first-order valence-corrected chi connectivity index (χ1v) is 4.96. The number of hydrogen-bond donors (Lipinski definition) is 1. The van der Waals surface area contributed by atoms with Gasteiger partial charge in [0.15, 0.2) is 0 Å². The second kappa shape index (κ2) is 3.77. The summed E-state index contributed by atoms with van der Waals surface area (Å²) in [6, 6.07) is 8.40. The van der Waals surface area contributed by atoms with Crippen molar-refractivity contribution >= 4 is 22.3 Å². The molecule has 0 bridgehead atoms. The number of hydrogen-bond acceptors (Lipinski definition) is 3. The normalized spacial score (nSPS) is 10.3. The van der Waals surface area contributed by atoms with E-state index in [2.05, 4.69) is 33.4 Å². The smallest absolute Gasteiger partial charge is 0.133 e. The summed E-state index contributed by atoms with van der Waals surface area (Å²) in [5.41, 5.74) is 1.19. The molecule has 2 aromatic rings. The van der Waals surface area contributed by atoms with E-state index in [1.165, 1.54) is 11.1 Å². The molecule has 3 heteroatoms. The standard InChI is InChI=1S/C12H15N3/c1-13-12-11-8-10(15(2)3)5-4-9(11)6-7-14-12/h4-8H,1-3H3,(H,13,14). The maximum Gasteiger partial charge on any atom is 0.133 e. The van der Waals surface area contributed by atoms with Gasteiger partial charge in [-0.3, -0.25) is 0 Å². The van der Waals surface area contributed by atoms with Crippen LogP contribution >= 0.6 is 0 Å². The van der Waals surface area contributed by atoms with E-state index in [9.17, 15) is 0 Å².